The molecule has 0 aromatic carbocycles. The van der Waals surface area contributed by atoms with Gasteiger partial charge in [0.15, 0.2) is 0 Å². The Hall–Kier alpha value is -2.37. The van der Waals surface area contributed by atoms with Crippen LogP contribution in [0.5, 0.6) is 0 Å². The Morgan fingerprint density at radius 3 is 2.88 bits per heavy atom. The zero-order valence-electron chi connectivity index (χ0n) is 9.42. The molecule has 0 aliphatic heterocycles. The summed E-state index contributed by atoms with van der Waals surface area (Å²) in [5.74, 6) is 0.879. The number of hydrogen-bond donors (Lipinski definition) is 2. The molecule has 0 bridgehead atoms. The van der Waals surface area contributed by atoms with Crippen molar-refractivity contribution in [2.75, 3.05) is 5.73 Å². The van der Waals surface area contributed by atoms with Gasteiger partial charge in [-0.1, -0.05) is 6.92 Å². The van der Waals surface area contributed by atoms with Gasteiger partial charge in [-0.15, -0.1) is 0 Å². The number of nitrogens with two attached hydrogens (primary N) is 2. The lowest BCUT2D eigenvalue weighted by atomic mass is 10.2. The van der Waals surface area contributed by atoms with E-state index >= 15 is 0 Å². The molecule has 4 N–H and O–H groups in total. The minimum absolute atomic E-state index is 0.269. The van der Waals surface area contributed by atoms with Crippen molar-refractivity contribution in [3.63, 3.8) is 0 Å². The van der Waals surface area contributed by atoms with Gasteiger partial charge in [-0.2, -0.15) is 0 Å². The average molecular weight is 231 g/mol. The number of hydrogen-bond acceptors (Lipinski definition) is 4. The fourth-order valence-electron chi connectivity index (χ4n) is 1.60. The highest BCUT2D eigenvalue weighted by atomic mass is 16.1. The third-order valence-corrected chi connectivity index (χ3v) is 2.47. The smallest absolute Gasteiger partial charge is 0.250 e. The van der Waals surface area contributed by atoms with Gasteiger partial charge in [0.25, 0.3) is 5.91 Å². The van der Waals surface area contributed by atoms with Crippen LogP contribution in [0.1, 0.15) is 23.1 Å². The number of rotatable bonds is 3. The van der Waals surface area contributed by atoms with Crippen molar-refractivity contribution in [1.82, 2.24) is 14.5 Å². The molecule has 2 rings (SSSR count). The van der Waals surface area contributed by atoms with Crippen molar-refractivity contribution in [2.45, 2.75) is 13.3 Å². The standard InChI is InChI=1S/C11H13N5O/c1-2-9-14-3-4-16(9)10-5-7(11(13)17)8(12)6-15-10/h3-6H,2,12H2,1H3,(H2,13,17). The van der Waals surface area contributed by atoms with Crippen LogP contribution in [0.3, 0.4) is 0 Å². The normalized spacial score (nSPS) is 10.4. The largest absolute Gasteiger partial charge is 0.397 e. The molecule has 0 fully saturated rings. The van der Waals surface area contributed by atoms with Crippen molar-refractivity contribution in [2.24, 2.45) is 5.73 Å². The Bertz CT molecular complexity index is 561. The summed E-state index contributed by atoms with van der Waals surface area (Å²) >= 11 is 0. The molecule has 2 heterocycles. The summed E-state index contributed by atoms with van der Waals surface area (Å²) in [5, 5.41) is 0. The molecule has 0 unspecified atom stereocenters. The van der Waals surface area contributed by atoms with E-state index in [4.69, 9.17) is 11.5 Å². The van der Waals surface area contributed by atoms with E-state index in [0.717, 1.165) is 12.2 Å². The average Bonchev–Trinajstić information content (AvgIpc) is 2.77. The Kier molecular flexibility index (Phi) is 2.78. The molecular formula is C11H13N5O. The molecule has 0 aliphatic carbocycles. The summed E-state index contributed by atoms with van der Waals surface area (Å²) in [6, 6.07) is 1.57. The fourth-order valence-corrected chi connectivity index (χ4v) is 1.60. The molecule has 0 atom stereocenters. The summed E-state index contributed by atoms with van der Waals surface area (Å²) in [5.41, 5.74) is 11.4. The van der Waals surface area contributed by atoms with Crippen LogP contribution in [-0.4, -0.2) is 20.4 Å². The minimum atomic E-state index is -0.565. The van der Waals surface area contributed by atoms with E-state index in [1.165, 1.54) is 6.20 Å². The second-order valence-corrected chi connectivity index (χ2v) is 3.56. The van der Waals surface area contributed by atoms with Crippen LogP contribution in [-0.2, 0) is 6.42 Å². The Balaban J connectivity index is 2.54. The SMILES string of the molecule is CCc1nccn1-c1cc(C(N)=O)c(N)cn1. The number of aryl methyl sites for hydroxylation is 1. The van der Waals surface area contributed by atoms with Crippen LogP contribution in [0.2, 0.25) is 0 Å². The number of aromatic nitrogens is 3. The lowest BCUT2D eigenvalue weighted by Crippen LogP contribution is -2.15. The molecule has 0 radical (unpaired) electrons. The van der Waals surface area contributed by atoms with Crippen LogP contribution >= 0.6 is 0 Å². The number of pyridine rings is 1. The Morgan fingerprint density at radius 1 is 1.47 bits per heavy atom. The number of nitrogens with zero attached hydrogens (tertiary/aromatic N) is 3. The van der Waals surface area contributed by atoms with Gasteiger partial charge in [-0.05, 0) is 6.07 Å². The van der Waals surface area contributed by atoms with E-state index in [9.17, 15) is 4.79 Å². The third kappa shape index (κ3) is 1.96. The fraction of sp³-hybridized carbons (Fsp3) is 0.182. The predicted octanol–water partition coefficient (Wildman–Crippen LogP) is 0.511. The highest BCUT2D eigenvalue weighted by Crippen LogP contribution is 2.15. The van der Waals surface area contributed by atoms with Crippen LogP contribution in [0, 0.1) is 0 Å². The van der Waals surface area contributed by atoms with Gasteiger partial charge in [0.2, 0.25) is 0 Å². The van der Waals surface area contributed by atoms with Crippen LogP contribution in [0.15, 0.2) is 24.7 Å². The maximum absolute atomic E-state index is 11.2. The van der Waals surface area contributed by atoms with Crippen molar-refractivity contribution in [1.29, 1.82) is 0 Å². The van der Waals surface area contributed by atoms with Gasteiger partial charge in [0.1, 0.15) is 11.6 Å². The molecule has 17 heavy (non-hydrogen) atoms. The molecule has 2 aromatic heterocycles. The van der Waals surface area contributed by atoms with E-state index in [2.05, 4.69) is 9.97 Å². The number of amides is 1. The first-order valence-electron chi connectivity index (χ1n) is 5.21. The van der Waals surface area contributed by atoms with E-state index in [1.54, 1.807) is 23.0 Å². The van der Waals surface area contributed by atoms with Gasteiger partial charge in [-0.3, -0.25) is 9.36 Å². The van der Waals surface area contributed by atoms with E-state index in [0.29, 0.717) is 5.82 Å². The van der Waals surface area contributed by atoms with Gasteiger partial charge in [0, 0.05) is 18.8 Å². The minimum Gasteiger partial charge on any atom is -0.397 e. The molecule has 1 amide bonds. The number of carbonyl (C=O) groups excluding carboxylic acids is 1. The van der Waals surface area contributed by atoms with E-state index in [-0.39, 0.29) is 11.3 Å². The van der Waals surface area contributed by atoms with Crippen molar-refractivity contribution >= 4 is 11.6 Å². The van der Waals surface area contributed by atoms with Gasteiger partial charge < -0.3 is 11.5 Å². The topological polar surface area (TPSA) is 99.8 Å². The number of primary amides is 1. The van der Waals surface area contributed by atoms with E-state index < -0.39 is 5.91 Å². The second-order valence-electron chi connectivity index (χ2n) is 3.56. The molecule has 0 saturated heterocycles. The summed E-state index contributed by atoms with van der Waals surface area (Å²) in [7, 11) is 0. The summed E-state index contributed by atoms with van der Waals surface area (Å²) in [4.78, 5) is 19.5. The van der Waals surface area contributed by atoms with Gasteiger partial charge >= 0.3 is 0 Å². The molecule has 6 heteroatoms. The van der Waals surface area contributed by atoms with Crippen molar-refractivity contribution in [3.8, 4) is 5.82 Å². The monoisotopic (exact) mass is 231 g/mol. The van der Waals surface area contributed by atoms with Crippen LogP contribution < -0.4 is 11.5 Å². The maximum atomic E-state index is 11.2. The summed E-state index contributed by atoms with van der Waals surface area (Å²) in [6.07, 6.45) is 5.66. The second kappa shape index (κ2) is 4.25. The van der Waals surface area contributed by atoms with Crippen LogP contribution in [0.25, 0.3) is 5.82 Å². The van der Waals surface area contributed by atoms with Gasteiger partial charge in [0.05, 0.1) is 17.4 Å². The zero-order chi connectivity index (χ0) is 12.4. The number of carbonyl (C=O) groups is 1. The first kappa shape index (κ1) is 11.1. The number of nitrogen functional groups attached to an aromatic ring is 1. The first-order chi connectivity index (χ1) is 8.13. The highest BCUT2D eigenvalue weighted by molar-refractivity contribution is 5.98. The zero-order valence-corrected chi connectivity index (χ0v) is 9.42. The molecule has 88 valence electrons. The first-order valence-corrected chi connectivity index (χ1v) is 5.21. The predicted molar refractivity (Wildman–Crippen MR) is 63.7 cm³/mol. The molecule has 0 aliphatic rings. The lowest BCUT2D eigenvalue weighted by Gasteiger charge is -2.08. The molecule has 0 saturated carbocycles. The lowest BCUT2D eigenvalue weighted by molar-refractivity contribution is 0.100. The Labute approximate surface area is 98.3 Å². The van der Waals surface area contributed by atoms with Crippen molar-refractivity contribution in [3.05, 3.63) is 36.0 Å². The van der Waals surface area contributed by atoms with Crippen LogP contribution in [0.4, 0.5) is 5.69 Å². The number of anilines is 1. The van der Waals surface area contributed by atoms with E-state index in [1.807, 2.05) is 6.92 Å². The summed E-state index contributed by atoms with van der Waals surface area (Å²) < 4.78 is 1.80. The number of imidazole rings is 1. The quantitative estimate of drug-likeness (QED) is 0.803. The molecular weight excluding hydrogens is 218 g/mol. The Morgan fingerprint density at radius 2 is 2.24 bits per heavy atom. The summed E-state index contributed by atoms with van der Waals surface area (Å²) in [6.45, 7) is 1.99. The third-order valence-electron chi connectivity index (χ3n) is 2.47. The molecule has 0 spiro atoms. The van der Waals surface area contributed by atoms with Crippen molar-refractivity contribution < 1.29 is 4.79 Å². The van der Waals surface area contributed by atoms with Gasteiger partial charge in [-0.25, -0.2) is 9.97 Å². The molecule has 2 aromatic rings. The molecule has 6 nitrogen and oxygen atoms in total. The maximum Gasteiger partial charge on any atom is 0.250 e. The highest BCUT2D eigenvalue weighted by Gasteiger charge is 2.10.